The number of carbonyl (C=O) groups excluding carboxylic acids is 1. The van der Waals surface area contributed by atoms with Gasteiger partial charge in [0, 0.05) is 5.92 Å². The third-order valence-electron chi connectivity index (χ3n) is 3.10. The highest BCUT2D eigenvalue weighted by molar-refractivity contribution is 5.47. The molecule has 90 valence electrons. The van der Waals surface area contributed by atoms with Gasteiger partial charge in [0.2, 0.25) is 6.41 Å². The third-order valence-corrected chi connectivity index (χ3v) is 3.10. The van der Waals surface area contributed by atoms with E-state index in [2.05, 4.69) is 5.32 Å². The first-order chi connectivity index (χ1) is 8.24. The van der Waals surface area contributed by atoms with E-state index in [4.69, 9.17) is 0 Å². The van der Waals surface area contributed by atoms with Crippen LogP contribution < -0.4 is 5.32 Å². The Morgan fingerprint density at radius 3 is 2.82 bits per heavy atom. The van der Waals surface area contributed by atoms with E-state index in [1.54, 1.807) is 6.08 Å². The molecule has 0 fully saturated rings. The number of benzene rings is 1. The monoisotopic (exact) mass is 233 g/mol. The van der Waals surface area contributed by atoms with Gasteiger partial charge in [-0.1, -0.05) is 30.3 Å². The van der Waals surface area contributed by atoms with Crippen LogP contribution in [0, 0.1) is 5.92 Å². The number of nitrogens with one attached hydrogen (secondary N) is 1. The second-order valence-corrected chi connectivity index (χ2v) is 4.15. The van der Waals surface area contributed by atoms with Crippen molar-refractivity contribution in [3.05, 3.63) is 47.7 Å². The molecule has 1 aromatic carbocycles. The van der Waals surface area contributed by atoms with E-state index < -0.39 is 12.2 Å². The summed E-state index contributed by atoms with van der Waals surface area (Å²) in [6, 6.07) is 7.53. The number of hydrogen-bond donors (Lipinski definition) is 3. The molecule has 0 bridgehead atoms. The van der Waals surface area contributed by atoms with Crippen molar-refractivity contribution in [2.75, 3.05) is 0 Å². The van der Waals surface area contributed by atoms with Gasteiger partial charge in [-0.3, -0.25) is 4.79 Å². The van der Waals surface area contributed by atoms with Crippen molar-refractivity contribution in [2.45, 2.75) is 18.6 Å². The number of amides is 1. The molecule has 2 rings (SSSR count). The Balaban J connectivity index is 2.21. The molecule has 0 saturated carbocycles. The van der Waals surface area contributed by atoms with Crippen LogP contribution in [0.4, 0.5) is 0 Å². The van der Waals surface area contributed by atoms with Gasteiger partial charge in [0.05, 0.1) is 6.10 Å². The molecule has 0 aliphatic heterocycles. The second kappa shape index (κ2) is 5.12. The maximum Gasteiger partial charge on any atom is 0.211 e. The van der Waals surface area contributed by atoms with Crippen molar-refractivity contribution >= 4 is 6.41 Å². The van der Waals surface area contributed by atoms with Crippen LogP contribution >= 0.6 is 0 Å². The van der Waals surface area contributed by atoms with Crippen LogP contribution in [0.15, 0.2) is 36.5 Å². The third kappa shape index (κ3) is 2.38. The summed E-state index contributed by atoms with van der Waals surface area (Å²) in [5, 5.41) is 22.4. The summed E-state index contributed by atoms with van der Waals surface area (Å²) < 4.78 is 0. The molecule has 0 spiro atoms. The molecule has 0 aromatic heterocycles. The van der Waals surface area contributed by atoms with Crippen molar-refractivity contribution < 1.29 is 15.0 Å². The number of aliphatic hydroxyl groups excluding tert-OH is 2. The quantitative estimate of drug-likeness (QED) is 0.666. The predicted octanol–water partition coefficient (Wildman–Crippen LogP) is 0.513. The molecule has 17 heavy (non-hydrogen) atoms. The second-order valence-electron chi connectivity index (χ2n) is 4.15. The lowest BCUT2D eigenvalue weighted by atomic mass is 9.80. The normalized spacial score (nSPS) is 27.8. The van der Waals surface area contributed by atoms with E-state index in [1.165, 1.54) is 6.20 Å². The largest absolute Gasteiger partial charge is 0.389 e. The fourth-order valence-electron chi connectivity index (χ4n) is 2.20. The highest BCUT2D eigenvalue weighted by atomic mass is 16.3. The lowest BCUT2D eigenvalue weighted by Crippen LogP contribution is -2.33. The molecule has 3 atom stereocenters. The van der Waals surface area contributed by atoms with Gasteiger partial charge in [-0.05, 0) is 23.7 Å². The lowest BCUT2D eigenvalue weighted by molar-refractivity contribution is -0.108. The number of carbonyl (C=O) groups is 1. The molecule has 3 N–H and O–H groups in total. The Labute approximate surface area is 99.6 Å². The summed E-state index contributed by atoms with van der Waals surface area (Å²) in [5.41, 5.74) is 1.82. The van der Waals surface area contributed by atoms with Crippen LogP contribution in [0.2, 0.25) is 0 Å². The fourth-order valence-corrected chi connectivity index (χ4v) is 2.20. The van der Waals surface area contributed by atoms with Crippen LogP contribution in [0.25, 0.3) is 0 Å². The van der Waals surface area contributed by atoms with Crippen LogP contribution in [-0.2, 0) is 11.2 Å². The Morgan fingerprint density at radius 2 is 2.06 bits per heavy atom. The summed E-state index contributed by atoms with van der Waals surface area (Å²) in [4.78, 5) is 10.1. The van der Waals surface area contributed by atoms with Crippen molar-refractivity contribution in [3.8, 4) is 0 Å². The van der Waals surface area contributed by atoms with Gasteiger partial charge in [-0.2, -0.15) is 0 Å². The number of rotatable bonds is 3. The smallest absolute Gasteiger partial charge is 0.211 e. The molecule has 0 saturated heterocycles. The summed E-state index contributed by atoms with van der Waals surface area (Å²) in [6.45, 7) is 0. The van der Waals surface area contributed by atoms with Crippen molar-refractivity contribution in [3.63, 3.8) is 0 Å². The average molecular weight is 233 g/mol. The van der Waals surface area contributed by atoms with E-state index in [0.29, 0.717) is 12.8 Å². The minimum atomic E-state index is -0.870. The summed E-state index contributed by atoms with van der Waals surface area (Å²) in [5.74, 6) is -0.188. The molecule has 4 nitrogen and oxygen atoms in total. The van der Waals surface area contributed by atoms with Crippen molar-refractivity contribution in [1.82, 2.24) is 5.32 Å². The molecular formula is C13H15NO3. The van der Waals surface area contributed by atoms with Gasteiger partial charge in [-0.25, -0.2) is 0 Å². The molecule has 4 heteroatoms. The van der Waals surface area contributed by atoms with Gasteiger partial charge < -0.3 is 15.5 Å². The molecule has 0 radical (unpaired) electrons. The van der Waals surface area contributed by atoms with Crippen molar-refractivity contribution in [1.29, 1.82) is 0 Å². The predicted molar refractivity (Wildman–Crippen MR) is 62.9 cm³/mol. The summed E-state index contributed by atoms with van der Waals surface area (Å²) in [7, 11) is 0. The Morgan fingerprint density at radius 1 is 1.29 bits per heavy atom. The number of aliphatic hydroxyl groups is 2. The first-order valence-corrected chi connectivity index (χ1v) is 5.54. The zero-order chi connectivity index (χ0) is 12.3. The molecule has 1 aliphatic rings. The first-order valence-electron chi connectivity index (χ1n) is 5.54. The molecule has 1 amide bonds. The number of hydrogen-bond acceptors (Lipinski definition) is 3. The lowest BCUT2D eigenvalue weighted by Gasteiger charge is -2.32. The SMILES string of the molecule is O=CNC=CC1Cc2ccccc2C(O)C1O. The van der Waals surface area contributed by atoms with E-state index in [1.807, 2.05) is 24.3 Å². The van der Waals surface area contributed by atoms with Crippen LogP contribution in [0.1, 0.15) is 17.2 Å². The highest BCUT2D eigenvalue weighted by Crippen LogP contribution is 2.33. The van der Waals surface area contributed by atoms with Gasteiger partial charge in [-0.15, -0.1) is 0 Å². The maximum atomic E-state index is 10.1. The topological polar surface area (TPSA) is 69.6 Å². The summed E-state index contributed by atoms with van der Waals surface area (Å²) >= 11 is 0. The van der Waals surface area contributed by atoms with Crippen LogP contribution in [-0.4, -0.2) is 22.7 Å². The maximum absolute atomic E-state index is 10.1. The van der Waals surface area contributed by atoms with Crippen LogP contribution in [0.5, 0.6) is 0 Å². The molecule has 1 aromatic rings. The number of fused-ring (bicyclic) bond motifs is 1. The van der Waals surface area contributed by atoms with Crippen molar-refractivity contribution in [2.24, 2.45) is 5.92 Å². The van der Waals surface area contributed by atoms with Gasteiger partial charge >= 0.3 is 0 Å². The van der Waals surface area contributed by atoms with E-state index >= 15 is 0 Å². The van der Waals surface area contributed by atoms with E-state index in [-0.39, 0.29) is 5.92 Å². The van der Waals surface area contributed by atoms with Gasteiger partial charge in [0.1, 0.15) is 6.10 Å². The molecular weight excluding hydrogens is 218 g/mol. The molecule has 3 unspecified atom stereocenters. The first kappa shape index (κ1) is 11.8. The zero-order valence-electron chi connectivity index (χ0n) is 9.28. The molecule has 1 aliphatic carbocycles. The van der Waals surface area contributed by atoms with Gasteiger partial charge in [0.15, 0.2) is 0 Å². The summed E-state index contributed by atoms with van der Waals surface area (Å²) in [6.07, 6.45) is 2.71. The fraction of sp³-hybridized carbons (Fsp3) is 0.308. The Hall–Kier alpha value is -1.65. The standard InChI is InChI=1S/C13H15NO3/c15-8-14-6-5-10-7-9-3-1-2-4-11(9)13(17)12(10)16/h1-6,8,10,12-13,16-17H,7H2,(H,14,15). The zero-order valence-corrected chi connectivity index (χ0v) is 9.28. The molecule has 0 heterocycles. The Kier molecular flexibility index (Phi) is 3.56. The average Bonchev–Trinajstić information content (AvgIpc) is 2.35. The Bertz CT molecular complexity index is 430. The van der Waals surface area contributed by atoms with E-state index in [9.17, 15) is 15.0 Å². The minimum absolute atomic E-state index is 0.188. The minimum Gasteiger partial charge on any atom is -0.389 e. The van der Waals surface area contributed by atoms with Gasteiger partial charge in [0.25, 0.3) is 0 Å². The highest BCUT2D eigenvalue weighted by Gasteiger charge is 2.32. The van der Waals surface area contributed by atoms with Crippen LogP contribution in [0.3, 0.4) is 0 Å². The van der Waals surface area contributed by atoms with E-state index in [0.717, 1.165) is 11.1 Å².